The van der Waals surface area contributed by atoms with E-state index in [1.807, 2.05) is 73.6 Å². The molecular weight excluding hydrogens is 474 g/mol. The van der Waals surface area contributed by atoms with E-state index in [-0.39, 0.29) is 12.2 Å². The maximum Gasteiger partial charge on any atom is 0.338 e. The summed E-state index contributed by atoms with van der Waals surface area (Å²) in [7, 11) is 3.92. The Kier molecular flexibility index (Phi) is 7.55. The van der Waals surface area contributed by atoms with Crippen LogP contribution in [0.15, 0.2) is 82.2 Å². The van der Waals surface area contributed by atoms with Gasteiger partial charge >= 0.3 is 5.97 Å². The second kappa shape index (κ2) is 10.8. The van der Waals surface area contributed by atoms with E-state index in [4.69, 9.17) is 9.47 Å². The van der Waals surface area contributed by atoms with Gasteiger partial charge in [-0.1, -0.05) is 48.3 Å². The van der Waals surface area contributed by atoms with Crippen LogP contribution in [0.4, 0.5) is 5.69 Å². The van der Waals surface area contributed by atoms with Gasteiger partial charge in [0.2, 0.25) is 0 Å². The largest absolute Gasteiger partial charge is 0.490 e. The highest BCUT2D eigenvalue weighted by molar-refractivity contribution is 7.07. The summed E-state index contributed by atoms with van der Waals surface area (Å²) in [6, 6.07) is 14.7. The fourth-order valence-corrected chi connectivity index (χ4v) is 5.11. The van der Waals surface area contributed by atoms with Crippen LogP contribution in [0.5, 0.6) is 5.75 Å². The molecule has 0 amide bonds. The molecule has 0 saturated carbocycles. The number of rotatable bonds is 8. The first-order valence-corrected chi connectivity index (χ1v) is 12.5. The standard InChI is InChI=1S/C28H29N3O4S/c1-6-15-35-22-10-8-9-19(16-22)17-23-26(32)31-25(20-11-13-21(14-12-20)30(4)5)24(27(33)34-7-2)18(3)29-28(31)36-23/h6,8-14,16-17,25H,1,7,15H2,2-5H3/b23-17-/t25-/m0/s1. The molecule has 36 heavy (non-hydrogen) atoms. The third kappa shape index (κ3) is 5.04. The van der Waals surface area contributed by atoms with Crippen LogP contribution in [0.1, 0.15) is 31.0 Å². The summed E-state index contributed by atoms with van der Waals surface area (Å²) >= 11 is 1.29. The molecule has 0 saturated heterocycles. The zero-order valence-electron chi connectivity index (χ0n) is 20.9. The van der Waals surface area contributed by atoms with Crippen molar-refractivity contribution < 1.29 is 14.3 Å². The van der Waals surface area contributed by atoms with Crippen molar-refractivity contribution in [2.75, 3.05) is 32.2 Å². The monoisotopic (exact) mass is 503 g/mol. The lowest BCUT2D eigenvalue weighted by Crippen LogP contribution is -2.39. The molecule has 0 unspecified atom stereocenters. The van der Waals surface area contributed by atoms with Gasteiger partial charge in [-0.3, -0.25) is 9.36 Å². The van der Waals surface area contributed by atoms with Gasteiger partial charge in [0, 0.05) is 19.8 Å². The van der Waals surface area contributed by atoms with Crippen molar-refractivity contribution in [2.45, 2.75) is 19.9 Å². The van der Waals surface area contributed by atoms with E-state index in [2.05, 4.69) is 11.6 Å². The third-order valence-electron chi connectivity index (χ3n) is 5.77. The van der Waals surface area contributed by atoms with Gasteiger partial charge in [-0.25, -0.2) is 9.79 Å². The van der Waals surface area contributed by atoms with Crippen molar-refractivity contribution in [3.8, 4) is 5.75 Å². The first-order valence-electron chi connectivity index (χ1n) is 11.6. The summed E-state index contributed by atoms with van der Waals surface area (Å²) in [6.07, 6.45) is 3.50. The van der Waals surface area contributed by atoms with Crippen LogP contribution in [-0.2, 0) is 9.53 Å². The first-order chi connectivity index (χ1) is 17.3. The minimum absolute atomic E-state index is 0.216. The van der Waals surface area contributed by atoms with Crippen LogP contribution in [0.3, 0.4) is 0 Å². The number of anilines is 1. The van der Waals surface area contributed by atoms with Gasteiger partial charge < -0.3 is 14.4 Å². The van der Waals surface area contributed by atoms with Crippen LogP contribution in [-0.4, -0.2) is 37.8 Å². The van der Waals surface area contributed by atoms with E-state index < -0.39 is 12.0 Å². The topological polar surface area (TPSA) is 73.1 Å². The van der Waals surface area contributed by atoms with Gasteiger partial charge in [0.25, 0.3) is 5.56 Å². The van der Waals surface area contributed by atoms with Crippen LogP contribution >= 0.6 is 11.3 Å². The number of carbonyl (C=O) groups excluding carboxylic acids is 1. The molecule has 1 atom stereocenters. The van der Waals surface area contributed by atoms with Gasteiger partial charge in [-0.15, -0.1) is 0 Å². The van der Waals surface area contributed by atoms with E-state index in [1.54, 1.807) is 24.5 Å². The number of fused-ring (bicyclic) bond motifs is 1. The molecule has 2 heterocycles. The highest BCUT2D eigenvalue weighted by Crippen LogP contribution is 2.31. The molecule has 1 aliphatic rings. The number of ether oxygens (including phenoxy) is 2. The highest BCUT2D eigenvalue weighted by Gasteiger charge is 2.33. The van der Waals surface area contributed by atoms with E-state index >= 15 is 0 Å². The van der Waals surface area contributed by atoms with E-state index in [1.165, 1.54) is 11.3 Å². The Balaban J connectivity index is 1.87. The average molecular weight is 504 g/mol. The van der Waals surface area contributed by atoms with Gasteiger partial charge in [-0.2, -0.15) is 0 Å². The molecular formula is C28H29N3O4S. The molecule has 7 nitrogen and oxygen atoms in total. The Hall–Kier alpha value is -3.91. The van der Waals surface area contributed by atoms with Crippen LogP contribution in [0.2, 0.25) is 0 Å². The number of carbonyl (C=O) groups is 1. The summed E-state index contributed by atoms with van der Waals surface area (Å²) in [5, 5.41) is 0. The molecule has 3 aromatic rings. The number of hydrogen-bond donors (Lipinski definition) is 0. The first kappa shape index (κ1) is 25.2. The lowest BCUT2D eigenvalue weighted by atomic mass is 9.95. The van der Waals surface area contributed by atoms with Crippen LogP contribution in [0.25, 0.3) is 6.08 Å². The fraction of sp³-hybridized carbons (Fsp3) is 0.250. The number of nitrogens with zero attached hydrogens (tertiary/aromatic N) is 3. The molecule has 0 spiro atoms. The molecule has 186 valence electrons. The second-order valence-electron chi connectivity index (χ2n) is 8.46. The molecule has 1 aliphatic heterocycles. The second-order valence-corrected chi connectivity index (χ2v) is 9.47. The van der Waals surface area contributed by atoms with Crippen molar-refractivity contribution >= 4 is 29.1 Å². The minimum Gasteiger partial charge on any atom is -0.490 e. The summed E-state index contributed by atoms with van der Waals surface area (Å²) in [5.74, 6) is 0.220. The van der Waals surface area contributed by atoms with E-state index in [9.17, 15) is 9.59 Å². The molecule has 0 aliphatic carbocycles. The van der Waals surface area contributed by atoms with Crippen molar-refractivity contribution in [2.24, 2.45) is 4.99 Å². The van der Waals surface area contributed by atoms with Crippen molar-refractivity contribution in [1.82, 2.24) is 4.57 Å². The fourth-order valence-electron chi connectivity index (χ4n) is 4.06. The van der Waals surface area contributed by atoms with Crippen LogP contribution < -0.4 is 24.5 Å². The number of benzene rings is 2. The summed E-state index contributed by atoms with van der Waals surface area (Å²) < 4.78 is 13.1. The molecule has 0 N–H and O–H groups in total. The van der Waals surface area contributed by atoms with Crippen molar-refractivity contribution in [1.29, 1.82) is 0 Å². The number of aromatic nitrogens is 1. The zero-order valence-corrected chi connectivity index (χ0v) is 21.7. The predicted molar refractivity (Wildman–Crippen MR) is 143 cm³/mol. The molecule has 2 aromatic carbocycles. The molecule has 0 fully saturated rings. The van der Waals surface area contributed by atoms with Gasteiger partial charge in [0.05, 0.1) is 28.5 Å². The Morgan fingerprint density at radius 3 is 2.64 bits per heavy atom. The SMILES string of the molecule is C=CCOc1cccc(/C=c2\sc3n(c2=O)[C@@H](c2ccc(N(C)C)cc2)C(C(=O)OCC)=C(C)N=3)c1. The van der Waals surface area contributed by atoms with E-state index in [0.717, 1.165) is 16.8 Å². The maximum absolute atomic E-state index is 13.7. The number of hydrogen-bond acceptors (Lipinski definition) is 7. The van der Waals surface area contributed by atoms with Gasteiger partial charge in [-0.05, 0) is 55.3 Å². The van der Waals surface area contributed by atoms with Crippen LogP contribution in [0, 0.1) is 0 Å². The third-order valence-corrected chi connectivity index (χ3v) is 6.75. The summed E-state index contributed by atoms with van der Waals surface area (Å²) in [6.45, 7) is 7.84. The Morgan fingerprint density at radius 2 is 1.97 bits per heavy atom. The van der Waals surface area contributed by atoms with Crippen molar-refractivity contribution in [3.05, 3.63) is 103 Å². The van der Waals surface area contributed by atoms with Crippen molar-refractivity contribution in [3.63, 3.8) is 0 Å². The smallest absolute Gasteiger partial charge is 0.338 e. The molecule has 1 aromatic heterocycles. The highest BCUT2D eigenvalue weighted by atomic mass is 32.1. The predicted octanol–water partition coefficient (Wildman–Crippen LogP) is 3.43. The lowest BCUT2D eigenvalue weighted by Gasteiger charge is -2.25. The summed E-state index contributed by atoms with van der Waals surface area (Å²) in [5.41, 5.74) is 3.35. The number of thiazole rings is 1. The molecule has 4 rings (SSSR count). The number of allylic oxidation sites excluding steroid dienone is 1. The maximum atomic E-state index is 13.7. The molecule has 0 radical (unpaired) electrons. The quantitative estimate of drug-likeness (QED) is 0.348. The lowest BCUT2D eigenvalue weighted by molar-refractivity contribution is -0.139. The Labute approximate surface area is 213 Å². The normalized spacial score (nSPS) is 15.2. The molecule has 0 bridgehead atoms. The Bertz CT molecular complexity index is 1500. The minimum atomic E-state index is -0.638. The van der Waals surface area contributed by atoms with E-state index in [0.29, 0.717) is 33.0 Å². The van der Waals surface area contributed by atoms with Gasteiger partial charge in [0.15, 0.2) is 4.80 Å². The average Bonchev–Trinajstić information content (AvgIpc) is 3.16. The Morgan fingerprint density at radius 1 is 1.22 bits per heavy atom. The van der Waals surface area contributed by atoms with Gasteiger partial charge in [0.1, 0.15) is 12.4 Å². The number of esters is 1. The summed E-state index contributed by atoms with van der Waals surface area (Å²) in [4.78, 5) is 33.9. The zero-order chi connectivity index (χ0) is 25.8. The molecule has 8 heteroatoms.